The van der Waals surface area contributed by atoms with Crippen LogP contribution in [0.15, 0.2) is 84.9 Å². The lowest BCUT2D eigenvalue weighted by Gasteiger charge is -2.22. The highest BCUT2D eigenvalue weighted by Crippen LogP contribution is 2.16. The maximum atomic E-state index is 12.6. The first-order chi connectivity index (χ1) is 14.0. The third-order valence-corrected chi connectivity index (χ3v) is 3.94. The van der Waals surface area contributed by atoms with Crippen molar-refractivity contribution in [1.82, 2.24) is 4.90 Å². The van der Waals surface area contributed by atoms with Crippen molar-refractivity contribution in [3.63, 3.8) is 0 Å². The molecular formula is C23H25N3O3. The predicted octanol–water partition coefficient (Wildman–Crippen LogP) is 3.09. The molecule has 150 valence electrons. The lowest BCUT2D eigenvalue weighted by atomic mass is 10.1. The fourth-order valence-electron chi connectivity index (χ4n) is 2.62. The summed E-state index contributed by atoms with van der Waals surface area (Å²) in [6.45, 7) is 0.0681. The Morgan fingerprint density at radius 1 is 0.897 bits per heavy atom. The molecule has 29 heavy (non-hydrogen) atoms. The molecule has 0 unspecified atom stereocenters. The van der Waals surface area contributed by atoms with Gasteiger partial charge in [-0.3, -0.25) is 9.59 Å². The van der Waals surface area contributed by atoms with Gasteiger partial charge in [-0.2, -0.15) is 0 Å². The van der Waals surface area contributed by atoms with Crippen molar-refractivity contribution in [2.75, 3.05) is 19.4 Å². The topological polar surface area (TPSA) is 98.6 Å². The number of hydrogen-bond acceptors (Lipinski definition) is 4. The van der Waals surface area contributed by atoms with Crippen molar-refractivity contribution in [1.29, 1.82) is 0 Å². The van der Waals surface area contributed by atoms with Crippen LogP contribution in [0.3, 0.4) is 0 Å². The summed E-state index contributed by atoms with van der Waals surface area (Å²) < 4.78 is 5.17. The van der Waals surface area contributed by atoms with Gasteiger partial charge in [-0.1, -0.05) is 54.6 Å². The highest BCUT2D eigenvalue weighted by molar-refractivity contribution is 5.97. The van der Waals surface area contributed by atoms with Gasteiger partial charge in [-0.25, -0.2) is 0 Å². The molecule has 0 aliphatic carbocycles. The number of nitrogens with zero attached hydrogens (tertiary/aromatic N) is 1. The van der Waals surface area contributed by atoms with E-state index in [1.807, 2.05) is 54.6 Å². The Morgan fingerprint density at radius 2 is 1.52 bits per heavy atom. The zero-order valence-corrected chi connectivity index (χ0v) is 16.3. The number of nitrogen functional groups attached to an aromatic ring is 1. The van der Waals surface area contributed by atoms with Crippen LogP contribution in [0.4, 0.5) is 5.69 Å². The number of anilines is 1. The largest absolute Gasteiger partial charge is 0.497 e. The first-order valence-corrected chi connectivity index (χ1v) is 9.05. The fraction of sp³-hybridized carbons (Fsp3) is 0.130. The molecule has 3 rings (SSSR count). The molecule has 0 saturated carbocycles. The summed E-state index contributed by atoms with van der Waals surface area (Å²) in [5.41, 5.74) is 12.7. The Morgan fingerprint density at radius 3 is 2.07 bits per heavy atom. The Hall–Kier alpha value is -3.80. The van der Waals surface area contributed by atoms with E-state index in [0.29, 0.717) is 17.0 Å². The number of hydrogen-bond donors (Lipinski definition) is 2. The van der Waals surface area contributed by atoms with Gasteiger partial charge in [0.2, 0.25) is 5.91 Å². The second-order valence-corrected chi connectivity index (χ2v) is 6.26. The summed E-state index contributed by atoms with van der Waals surface area (Å²) in [5.74, 6) is -0.206. The van der Waals surface area contributed by atoms with Crippen molar-refractivity contribution < 1.29 is 14.3 Å². The van der Waals surface area contributed by atoms with Crippen LogP contribution >= 0.6 is 0 Å². The summed E-state index contributed by atoms with van der Waals surface area (Å²) in [5, 5.41) is 0. The third-order valence-electron chi connectivity index (χ3n) is 3.94. The van der Waals surface area contributed by atoms with Gasteiger partial charge in [-0.15, -0.1) is 0 Å². The highest BCUT2D eigenvalue weighted by Gasteiger charge is 2.18. The van der Waals surface area contributed by atoms with E-state index in [0.717, 1.165) is 5.56 Å². The zero-order valence-electron chi connectivity index (χ0n) is 16.3. The van der Waals surface area contributed by atoms with Crippen LogP contribution in [-0.4, -0.2) is 30.4 Å². The average Bonchev–Trinajstić information content (AvgIpc) is 2.74. The predicted molar refractivity (Wildman–Crippen MR) is 114 cm³/mol. The second-order valence-electron chi connectivity index (χ2n) is 6.26. The van der Waals surface area contributed by atoms with E-state index in [2.05, 4.69) is 0 Å². The normalized spacial score (nSPS) is 9.69. The van der Waals surface area contributed by atoms with E-state index >= 15 is 0 Å². The molecule has 3 aromatic rings. The van der Waals surface area contributed by atoms with Crippen molar-refractivity contribution >= 4 is 17.5 Å². The quantitative estimate of drug-likeness (QED) is 0.631. The van der Waals surface area contributed by atoms with Gasteiger partial charge >= 0.3 is 0 Å². The Labute approximate surface area is 170 Å². The van der Waals surface area contributed by atoms with Gasteiger partial charge in [0.25, 0.3) is 5.91 Å². The van der Waals surface area contributed by atoms with Crippen molar-refractivity contribution in [3.8, 4) is 5.75 Å². The summed E-state index contributed by atoms with van der Waals surface area (Å²) in [4.78, 5) is 25.3. The molecule has 0 aliphatic heterocycles. The van der Waals surface area contributed by atoms with Gasteiger partial charge in [-0.05, 0) is 35.9 Å². The number of ether oxygens (including phenoxy) is 1. The number of carbonyl (C=O) groups is 2. The second kappa shape index (κ2) is 11.1. The van der Waals surface area contributed by atoms with Crippen LogP contribution in [0.1, 0.15) is 15.9 Å². The monoisotopic (exact) mass is 391 g/mol. The molecule has 6 nitrogen and oxygen atoms in total. The van der Waals surface area contributed by atoms with E-state index in [1.165, 1.54) is 4.90 Å². The number of nitrogens with two attached hydrogens (primary N) is 2. The maximum absolute atomic E-state index is 12.6. The Balaban J connectivity index is 0.000000426. The van der Waals surface area contributed by atoms with Gasteiger partial charge < -0.3 is 21.1 Å². The number of amides is 2. The molecule has 0 spiro atoms. The molecular weight excluding hydrogens is 366 g/mol. The zero-order chi connectivity index (χ0) is 21.1. The maximum Gasteiger partial charge on any atom is 0.254 e. The third kappa shape index (κ3) is 7.38. The van der Waals surface area contributed by atoms with E-state index < -0.39 is 5.91 Å². The van der Waals surface area contributed by atoms with Crippen LogP contribution < -0.4 is 16.2 Å². The number of primary amides is 1. The average molecular weight is 391 g/mol. The van der Waals surface area contributed by atoms with Gasteiger partial charge in [0.15, 0.2) is 0 Å². The van der Waals surface area contributed by atoms with E-state index in [4.69, 9.17) is 16.2 Å². The summed E-state index contributed by atoms with van der Waals surface area (Å²) in [6, 6.07) is 25.9. The van der Waals surface area contributed by atoms with Gasteiger partial charge in [0.05, 0.1) is 13.7 Å². The number of carbonyl (C=O) groups excluding carboxylic acids is 2. The summed E-state index contributed by atoms with van der Waals surface area (Å²) in [7, 11) is 1.57. The van der Waals surface area contributed by atoms with Crippen LogP contribution in [0.2, 0.25) is 0 Å². The Kier molecular flexibility index (Phi) is 8.26. The van der Waals surface area contributed by atoms with Crippen LogP contribution in [-0.2, 0) is 11.3 Å². The first-order valence-electron chi connectivity index (χ1n) is 9.05. The number of methoxy groups -OCH3 is 1. The van der Waals surface area contributed by atoms with Crippen LogP contribution in [0, 0.1) is 0 Å². The smallest absolute Gasteiger partial charge is 0.254 e. The molecule has 6 heteroatoms. The highest BCUT2D eigenvalue weighted by atomic mass is 16.5. The van der Waals surface area contributed by atoms with Crippen molar-refractivity contribution in [2.24, 2.45) is 5.73 Å². The lowest BCUT2D eigenvalue weighted by Crippen LogP contribution is -2.38. The molecule has 2 amide bonds. The molecule has 0 heterocycles. The molecule has 0 saturated heterocycles. The van der Waals surface area contributed by atoms with Gasteiger partial charge in [0.1, 0.15) is 5.75 Å². The minimum absolute atomic E-state index is 0.176. The van der Waals surface area contributed by atoms with Crippen LogP contribution in [0.25, 0.3) is 0 Å². The SMILES string of the molecule is COc1cccc(CN(CC(N)=O)C(=O)c2cccc(N)c2)c1.c1ccccc1. The molecule has 0 radical (unpaired) electrons. The standard InChI is InChI=1S/C17H19N3O3.C6H6/c1-23-15-7-2-4-12(8-15)10-20(11-16(19)21)17(22)13-5-3-6-14(18)9-13;1-2-4-6-5-3-1/h2-9H,10-11,18H2,1H3,(H2,19,21);1-6H. The summed E-state index contributed by atoms with van der Waals surface area (Å²) in [6.07, 6.45) is 0. The van der Waals surface area contributed by atoms with E-state index in [1.54, 1.807) is 37.4 Å². The molecule has 0 aliphatic rings. The van der Waals surface area contributed by atoms with E-state index in [-0.39, 0.29) is 19.0 Å². The Bertz CT molecular complexity index is 903. The lowest BCUT2D eigenvalue weighted by molar-refractivity contribution is -0.118. The van der Waals surface area contributed by atoms with Crippen LogP contribution in [0.5, 0.6) is 5.75 Å². The van der Waals surface area contributed by atoms with Crippen molar-refractivity contribution in [2.45, 2.75) is 6.54 Å². The molecule has 0 aromatic heterocycles. The summed E-state index contributed by atoms with van der Waals surface area (Å²) >= 11 is 0. The number of rotatable bonds is 6. The van der Waals surface area contributed by atoms with E-state index in [9.17, 15) is 9.59 Å². The van der Waals surface area contributed by atoms with Gasteiger partial charge in [0, 0.05) is 17.8 Å². The molecule has 0 fully saturated rings. The molecule has 0 atom stereocenters. The fourth-order valence-corrected chi connectivity index (χ4v) is 2.62. The minimum atomic E-state index is -0.579. The van der Waals surface area contributed by atoms with Crippen molar-refractivity contribution in [3.05, 3.63) is 96.1 Å². The number of benzene rings is 3. The first kappa shape index (κ1) is 21.5. The molecule has 0 bridgehead atoms. The minimum Gasteiger partial charge on any atom is -0.497 e. The molecule has 3 aromatic carbocycles. The molecule has 4 N–H and O–H groups in total.